The summed E-state index contributed by atoms with van der Waals surface area (Å²) >= 11 is 1.28. The van der Waals surface area contributed by atoms with Gasteiger partial charge < -0.3 is 9.52 Å². The van der Waals surface area contributed by atoms with Crippen LogP contribution in [-0.4, -0.2) is 16.1 Å². The summed E-state index contributed by atoms with van der Waals surface area (Å²) in [5.41, 5.74) is 0.874. The van der Waals surface area contributed by atoms with Gasteiger partial charge in [-0.05, 0) is 6.07 Å². The highest BCUT2D eigenvalue weighted by Gasteiger charge is 2.10. The van der Waals surface area contributed by atoms with E-state index in [0.29, 0.717) is 5.01 Å². The molecule has 2 aromatic heterocycles. The van der Waals surface area contributed by atoms with E-state index in [1.165, 1.54) is 29.2 Å². The van der Waals surface area contributed by atoms with Crippen LogP contribution in [-0.2, 0) is 0 Å². The molecular weight excluding hydrogens is 190 g/mol. The Morgan fingerprint density at radius 2 is 2.46 bits per heavy atom. The number of rotatable bonds is 2. The second-order valence-corrected chi connectivity index (χ2v) is 3.21. The zero-order chi connectivity index (χ0) is 9.26. The van der Waals surface area contributed by atoms with Gasteiger partial charge >= 0.3 is 5.97 Å². The van der Waals surface area contributed by atoms with E-state index in [-0.39, 0.29) is 5.69 Å². The topological polar surface area (TPSA) is 63.3 Å². The first-order valence-corrected chi connectivity index (χ1v) is 4.37. The third kappa shape index (κ3) is 1.46. The molecule has 0 aliphatic rings. The van der Waals surface area contributed by atoms with Gasteiger partial charge in [0, 0.05) is 10.9 Å². The average molecular weight is 195 g/mol. The van der Waals surface area contributed by atoms with Crippen molar-refractivity contribution in [2.75, 3.05) is 0 Å². The molecule has 0 atom stereocenters. The van der Waals surface area contributed by atoms with Gasteiger partial charge in [0.05, 0.1) is 6.26 Å². The molecule has 5 heteroatoms. The van der Waals surface area contributed by atoms with Crippen LogP contribution in [0.15, 0.2) is 28.4 Å². The predicted octanol–water partition coefficient (Wildman–Crippen LogP) is 2.10. The van der Waals surface area contributed by atoms with Crippen molar-refractivity contribution in [2.24, 2.45) is 0 Å². The Morgan fingerprint density at radius 1 is 1.62 bits per heavy atom. The predicted molar refractivity (Wildman–Crippen MR) is 46.8 cm³/mol. The maximum Gasteiger partial charge on any atom is 0.355 e. The van der Waals surface area contributed by atoms with Gasteiger partial charge in [0.2, 0.25) is 0 Å². The van der Waals surface area contributed by atoms with E-state index in [0.717, 1.165) is 5.56 Å². The Morgan fingerprint density at radius 3 is 3.00 bits per heavy atom. The van der Waals surface area contributed by atoms with Gasteiger partial charge in [0.1, 0.15) is 11.3 Å². The molecule has 4 nitrogen and oxygen atoms in total. The third-order valence-electron chi connectivity index (χ3n) is 1.49. The number of nitrogens with zero attached hydrogens (tertiary/aromatic N) is 1. The summed E-state index contributed by atoms with van der Waals surface area (Å²) in [6.45, 7) is 0. The first-order valence-electron chi connectivity index (χ1n) is 3.49. The summed E-state index contributed by atoms with van der Waals surface area (Å²) in [6.07, 6.45) is 3.06. The SMILES string of the molecule is O=C(O)c1csc(-c2ccoc2)n1. The quantitative estimate of drug-likeness (QED) is 0.797. The second-order valence-electron chi connectivity index (χ2n) is 2.36. The first-order chi connectivity index (χ1) is 6.27. The van der Waals surface area contributed by atoms with Gasteiger partial charge in [0.25, 0.3) is 0 Å². The molecule has 0 aromatic carbocycles. The molecule has 0 unspecified atom stereocenters. The number of aromatic carboxylic acids is 1. The van der Waals surface area contributed by atoms with Crippen LogP contribution in [0.4, 0.5) is 0 Å². The zero-order valence-electron chi connectivity index (χ0n) is 6.43. The van der Waals surface area contributed by atoms with Gasteiger partial charge in [-0.2, -0.15) is 0 Å². The summed E-state index contributed by atoms with van der Waals surface area (Å²) in [7, 11) is 0. The third-order valence-corrected chi connectivity index (χ3v) is 2.38. The molecule has 1 N–H and O–H groups in total. The highest BCUT2D eigenvalue weighted by molar-refractivity contribution is 7.13. The molecule has 0 spiro atoms. The Balaban J connectivity index is 2.39. The van der Waals surface area contributed by atoms with Crippen molar-refractivity contribution in [2.45, 2.75) is 0 Å². The molecule has 0 bridgehead atoms. The zero-order valence-corrected chi connectivity index (χ0v) is 7.25. The molecule has 0 aliphatic heterocycles. The molecule has 0 saturated heterocycles. The lowest BCUT2D eigenvalue weighted by atomic mass is 10.3. The normalized spacial score (nSPS) is 10.2. The van der Waals surface area contributed by atoms with Gasteiger partial charge in [-0.15, -0.1) is 11.3 Å². The fraction of sp³-hybridized carbons (Fsp3) is 0. The Kier molecular flexibility index (Phi) is 1.86. The highest BCUT2D eigenvalue weighted by atomic mass is 32.1. The number of carbonyl (C=O) groups is 1. The number of aromatic nitrogens is 1. The number of carboxylic acids is 1. The molecule has 2 aromatic rings. The average Bonchev–Trinajstić information content (AvgIpc) is 2.75. The molecule has 66 valence electrons. The monoisotopic (exact) mass is 195 g/mol. The molecule has 2 heterocycles. The van der Waals surface area contributed by atoms with Crippen molar-refractivity contribution in [3.63, 3.8) is 0 Å². The van der Waals surface area contributed by atoms with Crippen LogP contribution in [0.5, 0.6) is 0 Å². The Hall–Kier alpha value is -1.62. The molecule has 2 rings (SSSR count). The van der Waals surface area contributed by atoms with E-state index in [1.54, 1.807) is 6.07 Å². The first kappa shape index (κ1) is 8.00. The fourth-order valence-electron chi connectivity index (χ4n) is 0.891. The standard InChI is InChI=1S/C8H5NO3S/c10-8(11)6-4-13-7(9-6)5-1-2-12-3-5/h1-4H,(H,10,11). The summed E-state index contributed by atoms with van der Waals surface area (Å²) in [5.74, 6) is -1.01. The summed E-state index contributed by atoms with van der Waals surface area (Å²) in [4.78, 5) is 14.4. The van der Waals surface area contributed by atoms with Crippen LogP contribution in [0.25, 0.3) is 10.6 Å². The molecular formula is C8H5NO3S. The molecule has 13 heavy (non-hydrogen) atoms. The van der Waals surface area contributed by atoms with Crippen molar-refractivity contribution >= 4 is 17.3 Å². The maximum atomic E-state index is 10.5. The van der Waals surface area contributed by atoms with Crippen molar-refractivity contribution in [1.82, 2.24) is 4.98 Å². The number of hydrogen-bond acceptors (Lipinski definition) is 4. The van der Waals surface area contributed by atoms with E-state index in [9.17, 15) is 4.79 Å². The van der Waals surface area contributed by atoms with Crippen LogP contribution in [0.3, 0.4) is 0 Å². The van der Waals surface area contributed by atoms with E-state index in [2.05, 4.69) is 4.98 Å². The van der Waals surface area contributed by atoms with Crippen molar-refractivity contribution in [3.05, 3.63) is 29.7 Å². The summed E-state index contributed by atoms with van der Waals surface area (Å²) in [6, 6.07) is 1.74. The molecule has 0 aliphatic carbocycles. The van der Waals surface area contributed by atoms with E-state index >= 15 is 0 Å². The smallest absolute Gasteiger partial charge is 0.355 e. The lowest BCUT2D eigenvalue weighted by Gasteiger charge is -1.85. The van der Waals surface area contributed by atoms with E-state index < -0.39 is 5.97 Å². The van der Waals surface area contributed by atoms with Gasteiger partial charge in [-0.1, -0.05) is 0 Å². The van der Waals surface area contributed by atoms with Crippen molar-refractivity contribution in [1.29, 1.82) is 0 Å². The second kappa shape index (κ2) is 3.02. The molecule has 0 radical (unpaired) electrons. The van der Waals surface area contributed by atoms with Crippen LogP contribution in [0, 0.1) is 0 Å². The lowest BCUT2D eigenvalue weighted by Crippen LogP contribution is -1.95. The molecule has 0 fully saturated rings. The fourth-order valence-corrected chi connectivity index (χ4v) is 1.67. The largest absolute Gasteiger partial charge is 0.476 e. The van der Waals surface area contributed by atoms with Gasteiger partial charge in [0.15, 0.2) is 5.69 Å². The summed E-state index contributed by atoms with van der Waals surface area (Å²) < 4.78 is 4.86. The number of hydrogen-bond donors (Lipinski definition) is 1. The number of thiazole rings is 1. The van der Waals surface area contributed by atoms with Crippen LogP contribution < -0.4 is 0 Å². The molecule has 0 saturated carbocycles. The van der Waals surface area contributed by atoms with Crippen LogP contribution in [0.2, 0.25) is 0 Å². The lowest BCUT2D eigenvalue weighted by molar-refractivity contribution is 0.0691. The number of furan rings is 1. The van der Waals surface area contributed by atoms with Crippen LogP contribution in [0.1, 0.15) is 10.5 Å². The van der Waals surface area contributed by atoms with E-state index in [1.807, 2.05) is 0 Å². The minimum Gasteiger partial charge on any atom is -0.476 e. The molecule has 0 amide bonds. The Bertz CT molecular complexity index is 418. The Labute approximate surface area is 77.5 Å². The summed E-state index contributed by atoms with van der Waals surface area (Å²) in [5, 5.41) is 10.8. The minimum absolute atomic E-state index is 0.0706. The van der Waals surface area contributed by atoms with Gasteiger partial charge in [-0.3, -0.25) is 0 Å². The minimum atomic E-state index is -1.01. The van der Waals surface area contributed by atoms with Crippen LogP contribution >= 0.6 is 11.3 Å². The van der Waals surface area contributed by atoms with Crippen molar-refractivity contribution < 1.29 is 14.3 Å². The van der Waals surface area contributed by atoms with Gasteiger partial charge in [-0.25, -0.2) is 9.78 Å². The van der Waals surface area contributed by atoms with Crippen molar-refractivity contribution in [3.8, 4) is 10.6 Å². The number of carboxylic acid groups (broad SMARTS) is 1. The maximum absolute atomic E-state index is 10.5. The highest BCUT2D eigenvalue weighted by Crippen LogP contribution is 2.23. The van der Waals surface area contributed by atoms with E-state index in [4.69, 9.17) is 9.52 Å².